The number of para-hydroxylation sites is 1. The molecular formula is C12H15Cl2N. The van der Waals surface area contributed by atoms with E-state index >= 15 is 0 Å². The Morgan fingerprint density at radius 1 is 1.13 bits per heavy atom. The molecule has 1 nitrogen and oxygen atoms in total. The highest BCUT2D eigenvalue weighted by atomic mass is 35.5. The van der Waals surface area contributed by atoms with Crippen molar-refractivity contribution in [2.75, 3.05) is 5.32 Å². The number of hydrogen-bond acceptors (Lipinski definition) is 1. The van der Waals surface area contributed by atoms with Crippen LogP contribution >= 0.6 is 23.2 Å². The van der Waals surface area contributed by atoms with Crippen LogP contribution in [-0.4, -0.2) is 11.4 Å². The summed E-state index contributed by atoms with van der Waals surface area (Å²) in [5, 5.41) is 4.44. The zero-order chi connectivity index (χ0) is 10.7. The van der Waals surface area contributed by atoms with Gasteiger partial charge in [-0.25, -0.2) is 0 Å². The third-order valence-electron chi connectivity index (χ3n) is 2.90. The molecule has 1 aliphatic carbocycles. The largest absolute Gasteiger partial charge is 0.380 e. The lowest BCUT2D eigenvalue weighted by Crippen LogP contribution is -2.32. The zero-order valence-corrected chi connectivity index (χ0v) is 10.1. The molecule has 0 saturated heterocycles. The average Bonchev–Trinajstić information content (AvgIpc) is 2.24. The van der Waals surface area contributed by atoms with Gasteiger partial charge in [-0.2, -0.15) is 0 Å². The molecule has 2 rings (SSSR count). The van der Waals surface area contributed by atoms with Crippen molar-refractivity contribution in [3.63, 3.8) is 0 Å². The molecule has 1 aromatic rings. The third kappa shape index (κ3) is 2.79. The van der Waals surface area contributed by atoms with Crippen LogP contribution in [0.2, 0.25) is 5.02 Å². The second-order valence-electron chi connectivity index (χ2n) is 4.03. The molecule has 3 heteroatoms. The van der Waals surface area contributed by atoms with Gasteiger partial charge in [0.15, 0.2) is 0 Å². The van der Waals surface area contributed by atoms with E-state index in [1.807, 2.05) is 24.3 Å². The molecule has 1 aromatic carbocycles. The number of halogens is 2. The zero-order valence-electron chi connectivity index (χ0n) is 8.55. The van der Waals surface area contributed by atoms with Crippen LogP contribution in [0.25, 0.3) is 0 Å². The van der Waals surface area contributed by atoms with Gasteiger partial charge in [0, 0.05) is 6.04 Å². The molecule has 1 saturated carbocycles. The second kappa shape index (κ2) is 5.09. The van der Waals surface area contributed by atoms with Crippen LogP contribution in [0.5, 0.6) is 0 Å². The minimum Gasteiger partial charge on any atom is -0.380 e. The minimum atomic E-state index is 0.232. The molecule has 15 heavy (non-hydrogen) atoms. The minimum absolute atomic E-state index is 0.232. The number of hydrogen-bond donors (Lipinski definition) is 1. The predicted octanol–water partition coefficient (Wildman–Crippen LogP) is 4.30. The van der Waals surface area contributed by atoms with Crippen molar-refractivity contribution < 1.29 is 0 Å². The van der Waals surface area contributed by atoms with Crippen molar-refractivity contribution in [2.24, 2.45) is 0 Å². The van der Waals surface area contributed by atoms with Gasteiger partial charge in [0.1, 0.15) is 0 Å². The molecule has 0 aliphatic heterocycles. The van der Waals surface area contributed by atoms with Crippen LogP contribution in [0.15, 0.2) is 24.3 Å². The fourth-order valence-corrected chi connectivity index (χ4v) is 2.56. The lowest BCUT2D eigenvalue weighted by Gasteiger charge is -2.29. The molecular weight excluding hydrogens is 229 g/mol. The van der Waals surface area contributed by atoms with E-state index in [1.165, 1.54) is 12.8 Å². The molecule has 0 heterocycles. The fraction of sp³-hybridized carbons (Fsp3) is 0.500. The SMILES string of the molecule is Clc1ccccc1NC1CCCCC1Cl. The van der Waals surface area contributed by atoms with Crippen LogP contribution in [0.4, 0.5) is 5.69 Å². The van der Waals surface area contributed by atoms with Crippen molar-refractivity contribution in [3.8, 4) is 0 Å². The van der Waals surface area contributed by atoms with E-state index in [4.69, 9.17) is 23.2 Å². The summed E-state index contributed by atoms with van der Waals surface area (Å²) >= 11 is 12.4. The molecule has 1 N–H and O–H groups in total. The van der Waals surface area contributed by atoms with Crippen LogP contribution in [0, 0.1) is 0 Å². The molecule has 0 radical (unpaired) electrons. The van der Waals surface area contributed by atoms with E-state index in [-0.39, 0.29) is 5.38 Å². The summed E-state index contributed by atoms with van der Waals surface area (Å²) in [5.41, 5.74) is 0.997. The van der Waals surface area contributed by atoms with Crippen LogP contribution < -0.4 is 5.32 Å². The number of alkyl halides is 1. The van der Waals surface area contributed by atoms with Gasteiger partial charge in [-0.05, 0) is 25.0 Å². The summed E-state index contributed by atoms with van der Waals surface area (Å²) < 4.78 is 0. The third-order valence-corrected chi connectivity index (χ3v) is 3.75. The molecule has 0 spiro atoms. The average molecular weight is 244 g/mol. The molecule has 0 bridgehead atoms. The van der Waals surface area contributed by atoms with E-state index in [1.54, 1.807) is 0 Å². The molecule has 0 amide bonds. The Hall–Kier alpha value is -0.400. The van der Waals surface area contributed by atoms with Gasteiger partial charge < -0.3 is 5.32 Å². The first kappa shape index (κ1) is 11.1. The Morgan fingerprint density at radius 3 is 2.60 bits per heavy atom. The highest BCUT2D eigenvalue weighted by molar-refractivity contribution is 6.33. The maximum atomic E-state index is 6.28. The summed E-state index contributed by atoms with van der Waals surface area (Å²) in [6, 6.07) is 8.18. The quantitative estimate of drug-likeness (QED) is 0.764. The lowest BCUT2D eigenvalue weighted by atomic mass is 9.95. The van der Waals surface area contributed by atoms with Gasteiger partial charge in [-0.3, -0.25) is 0 Å². The smallest absolute Gasteiger partial charge is 0.0637 e. The number of nitrogens with one attached hydrogen (secondary N) is 1. The van der Waals surface area contributed by atoms with E-state index in [0.717, 1.165) is 23.6 Å². The van der Waals surface area contributed by atoms with Gasteiger partial charge in [0.2, 0.25) is 0 Å². The summed E-state index contributed by atoms with van der Waals surface area (Å²) in [5.74, 6) is 0. The summed E-state index contributed by atoms with van der Waals surface area (Å²) in [6.45, 7) is 0. The predicted molar refractivity (Wildman–Crippen MR) is 67.0 cm³/mol. The van der Waals surface area contributed by atoms with Crippen molar-refractivity contribution in [3.05, 3.63) is 29.3 Å². The second-order valence-corrected chi connectivity index (χ2v) is 5.00. The Bertz CT molecular complexity index is 327. The summed E-state index contributed by atoms with van der Waals surface area (Å²) in [7, 11) is 0. The number of rotatable bonds is 2. The molecule has 1 fully saturated rings. The Morgan fingerprint density at radius 2 is 1.87 bits per heavy atom. The lowest BCUT2D eigenvalue weighted by molar-refractivity contribution is 0.469. The van der Waals surface area contributed by atoms with Gasteiger partial charge in [-0.15, -0.1) is 11.6 Å². The summed E-state index contributed by atoms with van der Waals surface area (Å²) in [6.07, 6.45) is 4.74. The van der Waals surface area contributed by atoms with Gasteiger partial charge in [0.05, 0.1) is 16.1 Å². The standard InChI is InChI=1S/C12H15Cl2N/c13-9-5-1-3-7-11(9)15-12-8-4-2-6-10(12)14/h1,3,5,7,10,12,15H,2,4,6,8H2. The maximum absolute atomic E-state index is 6.28. The highest BCUT2D eigenvalue weighted by Gasteiger charge is 2.23. The van der Waals surface area contributed by atoms with Crippen LogP contribution in [0.1, 0.15) is 25.7 Å². The molecule has 82 valence electrons. The summed E-state index contributed by atoms with van der Waals surface area (Å²) in [4.78, 5) is 0. The van der Waals surface area contributed by atoms with E-state index in [9.17, 15) is 0 Å². The van der Waals surface area contributed by atoms with Crippen molar-refractivity contribution in [1.29, 1.82) is 0 Å². The molecule has 1 aliphatic rings. The molecule has 2 atom stereocenters. The number of benzene rings is 1. The maximum Gasteiger partial charge on any atom is 0.0637 e. The first-order valence-corrected chi connectivity index (χ1v) is 6.24. The Balaban J connectivity index is 2.04. The molecule has 2 unspecified atom stereocenters. The van der Waals surface area contributed by atoms with Crippen molar-refractivity contribution in [1.82, 2.24) is 0 Å². The topological polar surface area (TPSA) is 12.0 Å². The van der Waals surface area contributed by atoms with E-state index < -0.39 is 0 Å². The first-order valence-electron chi connectivity index (χ1n) is 5.42. The fourth-order valence-electron chi connectivity index (χ4n) is 2.03. The van der Waals surface area contributed by atoms with Crippen LogP contribution in [0.3, 0.4) is 0 Å². The van der Waals surface area contributed by atoms with Gasteiger partial charge >= 0.3 is 0 Å². The highest BCUT2D eigenvalue weighted by Crippen LogP contribution is 2.28. The van der Waals surface area contributed by atoms with Crippen molar-refractivity contribution in [2.45, 2.75) is 37.1 Å². The first-order chi connectivity index (χ1) is 7.27. The van der Waals surface area contributed by atoms with Gasteiger partial charge in [0.25, 0.3) is 0 Å². The van der Waals surface area contributed by atoms with Gasteiger partial charge in [-0.1, -0.05) is 36.6 Å². The monoisotopic (exact) mass is 243 g/mol. The molecule has 0 aromatic heterocycles. The number of anilines is 1. The van der Waals surface area contributed by atoms with E-state index in [0.29, 0.717) is 6.04 Å². The van der Waals surface area contributed by atoms with Crippen molar-refractivity contribution >= 4 is 28.9 Å². The van der Waals surface area contributed by atoms with E-state index in [2.05, 4.69) is 5.32 Å². The Kier molecular flexibility index (Phi) is 3.76. The Labute approximate surface area is 101 Å². The van der Waals surface area contributed by atoms with Crippen LogP contribution in [-0.2, 0) is 0 Å². The normalized spacial score (nSPS) is 26.3.